The molecule has 0 atom stereocenters. The van der Waals surface area contributed by atoms with Gasteiger partial charge in [-0.3, -0.25) is 10.4 Å². The van der Waals surface area contributed by atoms with Crippen molar-refractivity contribution in [1.82, 2.24) is 14.8 Å². The lowest BCUT2D eigenvalue weighted by molar-refractivity contribution is 0.867. The predicted octanol–water partition coefficient (Wildman–Crippen LogP) is 1.93. The molecule has 5 nitrogen and oxygen atoms in total. The summed E-state index contributed by atoms with van der Waals surface area (Å²) in [5.74, 6) is -0.00313. The van der Waals surface area contributed by atoms with Gasteiger partial charge in [0.1, 0.15) is 5.84 Å². The van der Waals surface area contributed by atoms with Gasteiger partial charge in [-0.2, -0.15) is 5.10 Å². The zero-order chi connectivity index (χ0) is 12.6. The van der Waals surface area contributed by atoms with Crippen molar-refractivity contribution < 1.29 is 0 Å². The topological polar surface area (TPSA) is 80.6 Å². The molecule has 2 rings (SSSR count). The van der Waals surface area contributed by atoms with Crippen LogP contribution < -0.4 is 5.73 Å². The average molecular weight is 294 g/mol. The van der Waals surface area contributed by atoms with Crippen LogP contribution >= 0.6 is 15.9 Å². The number of amidine groups is 1. The molecule has 2 aromatic heterocycles. The third-order valence-corrected chi connectivity index (χ3v) is 2.78. The maximum absolute atomic E-state index is 7.63. The SMILES string of the molecule is Cc1cc(-n2cc(Br)cn2)c(C(=N)N)c(C)n1. The van der Waals surface area contributed by atoms with E-state index in [1.165, 1.54) is 0 Å². The Bertz CT molecular complexity index is 588. The minimum absolute atomic E-state index is 0.00313. The summed E-state index contributed by atoms with van der Waals surface area (Å²) >= 11 is 3.34. The fraction of sp³-hybridized carbons (Fsp3) is 0.182. The largest absolute Gasteiger partial charge is 0.384 e. The third kappa shape index (κ3) is 2.21. The highest BCUT2D eigenvalue weighted by Gasteiger charge is 2.13. The summed E-state index contributed by atoms with van der Waals surface area (Å²) in [7, 11) is 0. The predicted molar refractivity (Wildman–Crippen MR) is 69.5 cm³/mol. The first kappa shape index (κ1) is 11.8. The minimum Gasteiger partial charge on any atom is -0.384 e. The number of halogens is 1. The first-order chi connectivity index (χ1) is 7.99. The molecule has 0 fully saturated rings. The summed E-state index contributed by atoms with van der Waals surface area (Å²) in [5.41, 5.74) is 8.59. The second-order valence-electron chi connectivity index (χ2n) is 3.76. The van der Waals surface area contributed by atoms with Gasteiger partial charge in [0, 0.05) is 11.9 Å². The number of hydrogen-bond acceptors (Lipinski definition) is 3. The van der Waals surface area contributed by atoms with E-state index in [1.54, 1.807) is 10.9 Å². The third-order valence-electron chi connectivity index (χ3n) is 2.37. The molecule has 0 saturated heterocycles. The molecule has 0 unspecified atom stereocenters. The van der Waals surface area contributed by atoms with Crippen molar-refractivity contribution in [3.05, 3.63) is 39.9 Å². The smallest absolute Gasteiger partial charge is 0.126 e. The van der Waals surface area contributed by atoms with Crippen LogP contribution in [0, 0.1) is 19.3 Å². The summed E-state index contributed by atoms with van der Waals surface area (Å²) in [6.07, 6.45) is 3.51. The molecule has 0 radical (unpaired) electrons. The van der Waals surface area contributed by atoms with Crippen LogP contribution in [0.2, 0.25) is 0 Å². The number of pyridine rings is 1. The Kier molecular flexibility index (Phi) is 2.97. The highest BCUT2D eigenvalue weighted by Crippen LogP contribution is 2.19. The van der Waals surface area contributed by atoms with E-state index >= 15 is 0 Å². The maximum atomic E-state index is 7.63. The van der Waals surface area contributed by atoms with E-state index < -0.39 is 0 Å². The van der Waals surface area contributed by atoms with Crippen molar-refractivity contribution >= 4 is 21.8 Å². The van der Waals surface area contributed by atoms with E-state index in [-0.39, 0.29) is 5.84 Å². The molecule has 2 heterocycles. The Morgan fingerprint density at radius 1 is 1.47 bits per heavy atom. The van der Waals surface area contributed by atoms with Crippen LogP contribution in [0.5, 0.6) is 0 Å². The van der Waals surface area contributed by atoms with Gasteiger partial charge in [0.15, 0.2) is 0 Å². The summed E-state index contributed by atoms with van der Waals surface area (Å²) in [4.78, 5) is 4.31. The Morgan fingerprint density at radius 2 is 2.18 bits per heavy atom. The molecule has 0 amide bonds. The van der Waals surface area contributed by atoms with E-state index in [4.69, 9.17) is 11.1 Å². The van der Waals surface area contributed by atoms with Crippen LogP contribution in [0.25, 0.3) is 5.69 Å². The van der Waals surface area contributed by atoms with E-state index in [0.717, 1.165) is 21.5 Å². The summed E-state index contributed by atoms with van der Waals surface area (Å²) in [6.45, 7) is 3.74. The lowest BCUT2D eigenvalue weighted by atomic mass is 10.1. The molecule has 17 heavy (non-hydrogen) atoms. The summed E-state index contributed by atoms with van der Waals surface area (Å²) < 4.78 is 2.56. The number of nitrogens with two attached hydrogens (primary N) is 1. The van der Waals surface area contributed by atoms with Crippen LogP contribution in [-0.2, 0) is 0 Å². The maximum Gasteiger partial charge on any atom is 0.126 e. The molecule has 0 bridgehead atoms. The lowest BCUT2D eigenvalue weighted by Crippen LogP contribution is -2.18. The summed E-state index contributed by atoms with van der Waals surface area (Å²) in [5, 5.41) is 11.8. The molecule has 88 valence electrons. The minimum atomic E-state index is -0.00313. The second kappa shape index (κ2) is 4.29. The molecular weight excluding hydrogens is 282 g/mol. The first-order valence-corrected chi connectivity index (χ1v) is 5.81. The van der Waals surface area contributed by atoms with Crippen molar-refractivity contribution in [3.8, 4) is 5.69 Å². The second-order valence-corrected chi connectivity index (χ2v) is 4.68. The highest BCUT2D eigenvalue weighted by atomic mass is 79.9. The van der Waals surface area contributed by atoms with Crippen LogP contribution in [-0.4, -0.2) is 20.6 Å². The highest BCUT2D eigenvalue weighted by molar-refractivity contribution is 9.10. The van der Waals surface area contributed by atoms with Gasteiger partial charge < -0.3 is 5.73 Å². The molecule has 2 aromatic rings. The Morgan fingerprint density at radius 3 is 2.71 bits per heavy atom. The summed E-state index contributed by atoms with van der Waals surface area (Å²) in [6, 6.07) is 1.86. The van der Waals surface area contributed by atoms with Gasteiger partial charge in [0.05, 0.1) is 27.6 Å². The number of rotatable bonds is 2. The number of nitrogens with zero attached hydrogens (tertiary/aromatic N) is 3. The molecule has 0 aliphatic heterocycles. The zero-order valence-electron chi connectivity index (χ0n) is 9.53. The van der Waals surface area contributed by atoms with Crippen molar-refractivity contribution in [2.45, 2.75) is 13.8 Å². The monoisotopic (exact) mass is 293 g/mol. The van der Waals surface area contributed by atoms with E-state index in [1.807, 2.05) is 26.1 Å². The molecule has 0 aliphatic rings. The van der Waals surface area contributed by atoms with Crippen molar-refractivity contribution in [2.24, 2.45) is 5.73 Å². The first-order valence-electron chi connectivity index (χ1n) is 5.02. The normalized spacial score (nSPS) is 10.5. The number of nitrogens with one attached hydrogen (secondary N) is 1. The van der Waals surface area contributed by atoms with Crippen molar-refractivity contribution in [3.63, 3.8) is 0 Å². The zero-order valence-corrected chi connectivity index (χ0v) is 11.1. The van der Waals surface area contributed by atoms with Gasteiger partial charge in [-0.05, 0) is 35.8 Å². The standard InChI is InChI=1S/C11H12BrN5/c1-6-3-9(17-5-8(12)4-15-17)10(11(13)14)7(2)16-6/h3-5H,1-2H3,(H3,13,14). The Hall–Kier alpha value is -1.69. The molecule has 0 spiro atoms. The number of hydrogen-bond donors (Lipinski definition) is 2. The van der Waals surface area contributed by atoms with Gasteiger partial charge in [0.25, 0.3) is 0 Å². The van der Waals surface area contributed by atoms with Gasteiger partial charge in [-0.1, -0.05) is 0 Å². The van der Waals surface area contributed by atoms with Crippen LogP contribution in [0.3, 0.4) is 0 Å². The van der Waals surface area contributed by atoms with Crippen molar-refractivity contribution in [1.29, 1.82) is 5.41 Å². The fourth-order valence-electron chi connectivity index (χ4n) is 1.75. The quantitative estimate of drug-likeness (QED) is 0.656. The average Bonchev–Trinajstić information content (AvgIpc) is 2.62. The molecule has 3 N–H and O–H groups in total. The molecule has 0 saturated carbocycles. The van der Waals surface area contributed by atoms with Gasteiger partial charge >= 0.3 is 0 Å². The van der Waals surface area contributed by atoms with Crippen LogP contribution in [0.15, 0.2) is 22.9 Å². The van der Waals surface area contributed by atoms with Gasteiger partial charge in [-0.25, -0.2) is 4.68 Å². The van der Waals surface area contributed by atoms with Crippen LogP contribution in [0.1, 0.15) is 17.0 Å². The van der Waals surface area contributed by atoms with Gasteiger partial charge in [-0.15, -0.1) is 0 Å². The van der Waals surface area contributed by atoms with Gasteiger partial charge in [0.2, 0.25) is 0 Å². The lowest BCUT2D eigenvalue weighted by Gasteiger charge is -2.11. The number of aromatic nitrogens is 3. The Labute approximate surface area is 107 Å². The van der Waals surface area contributed by atoms with E-state index in [0.29, 0.717) is 5.56 Å². The number of aryl methyl sites for hydroxylation is 2. The van der Waals surface area contributed by atoms with Crippen molar-refractivity contribution in [2.75, 3.05) is 0 Å². The van der Waals surface area contributed by atoms with Crippen LogP contribution in [0.4, 0.5) is 0 Å². The molecule has 0 aliphatic carbocycles. The number of nitrogen functional groups attached to an aromatic ring is 1. The molecule has 6 heteroatoms. The van der Waals surface area contributed by atoms with E-state index in [9.17, 15) is 0 Å². The molecule has 0 aromatic carbocycles. The Balaban J connectivity index is 2.71. The van der Waals surface area contributed by atoms with E-state index in [2.05, 4.69) is 26.0 Å². The fourth-order valence-corrected chi connectivity index (χ4v) is 2.04. The molecular formula is C11H12BrN5.